The molecule has 0 fully saturated rings. The van der Waals surface area contributed by atoms with Crippen LogP contribution in [0.15, 0.2) is 6.33 Å². The SMILES string of the molecule is CCCN(C)c1n[c]ncn1. The van der Waals surface area contributed by atoms with Crippen molar-refractivity contribution in [3.63, 3.8) is 0 Å². The Bertz CT molecular complexity index is 199. The van der Waals surface area contributed by atoms with Crippen LogP contribution in [-0.4, -0.2) is 28.5 Å². The third-order valence-electron chi connectivity index (χ3n) is 1.34. The molecule has 0 bridgehead atoms. The van der Waals surface area contributed by atoms with Crippen LogP contribution in [0.1, 0.15) is 13.3 Å². The summed E-state index contributed by atoms with van der Waals surface area (Å²) in [7, 11) is 1.95. The van der Waals surface area contributed by atoms with Crippen LogP contribution >= 0.6 is 0 Å². The lowest BCUT2D eigenvalue weighted by atomic mass is 10.4. The molecule has 0 unspecified atom stereocenters. The van der Waals surface area contributed by atoms with E-state index >= 15 is 0 Å². The van der Waals surface area contributed by atoms with Gasteiger partial charge in [0.15, 0.2) is 0 Å². The third-order valence-corrected chi connectivity index (χ3v) is 1.34. The van der Waals surface area contributed by atoms with Crippen LogP contribution in [0.25, 0.3) is 0 Å². The van der Waals surface area contributed by atoms with Crippen molar-refractivity contribution >= 4 is 5.95 Å². The van der Waals surface area contributed by atoms with E-state index in [1.54, 1.807) is 0 Å². The van der Waals surface area contributed by atoms with Gasteiger partial charge in [-0.25, -0.2) is 9.97 Å². The molecular formula is C7H11N4. The van der Waals surface area contributed by atoms with Crippen molar-refractivity contribution < 1.29 is 0 Å². The number of hydrogen-bond acceptors (Lipinski definition) is 4. The van der Waals surface area contributed by atoms with Crippen LogP contribution in [-0.2, 0) is 0 Å². The predicted octanol–water partition coefficient (Wildman–Crippen LogP) is 0.518. The Hall–Kier alpha value is -1.19. The van der Waals surface area contributed by atoms with Gasteiger partial charge in [-0.05, 0) is 6.42 Å². The van der Waals surface area contributed by atoms with E-state index in [-0.39, 0.29) is 0 Å². The minimum absolute atomic E-state index is 0.682. The zero-order chi connectivity index (χ0) is 8.10. The van der Waals surface area contributed by atoms with E-state index in [0.717, 1.165) is 13.0 Å². The maximum absolute atomic E-state index is 3.97. The first-order valence-electron chi connectivity index (χ1n) is 3.60. The molecule has 0 aliphatic carbocycles. The molecule has 1 radical (unpaired) electrons. The second-order valence-electron chi connectivity index (χ2n) is 2.31. The fraction of sp³-hybridized carbons (Fsp3) is 0.571. The van der Waals surface area contributed by atoms with Gasteiger partial charge >= 0.3 is 0 Å². The molecule has 4 nitrogen and oxygen atoms in total. The fourth-order valence-corrected chi connectivity index (χ4v) is 0.828. The molecule has 0 N–H and O–H groups in total. The molecule has 0 spiro atoms. The average molecular weight is 151 g/mol. The summed E-state index contributed by atoms with van der Waals surface area (Å²) in [6.45, 7) is 3.07. The Morgan fingerprint density at radius 2 is 2.45 bits per heavy atom. The van der Waals surface area contributed by atoms with Gasteiger partial charge < -0.3 is 4.90 Å². The van der Waals surface area contributed by atoms with E-state index in [2.05, 4.69) is 28.2 Å². The number of rotatable bonds is 3. The number of anilines is 1. The molecule has 59 valence electrons. The summed E-state index contributed by atoms with van der Waals surface area (Å²) in [5.41, 5.74) is 0. The Balaban J connectivity index is 2.61. The van der Waals surface area contributed by atoms with E-state index < -0.39 is 0 Å². The lowest BCUT2D eigenvalue weighted by molar-refractivity contribution is 0.809. The minimum Gasteiger partial charge on any atom is -0.344 e. The Kier molecular flexibility index (Phi) is 2.77. The van der Waals surface area contributed by atoms with Gasteiger partial charge in [-0.15, -0.1) is 0 Å². The molecule has 1 heterocycles. The maximum Gasteiger partial charge on any atom is 0.228 e. The third kappa shape index (κ3) is 2.14. The van der Waals surface area contributed by atoms with Crippen molar-refractivity contribution in [3.05, 3.63) is 12.7 Å². The maximum atomic E-state index is 3.97. The Morgan fingerprint density at radius 1 is 1.64 bits per heavy atom. The lowest BCUT2D eigenvalue weighted by Gasteiger charge is -2.13. The summed E-state index contributed by atoms with van der Waals surface area (Å²) in [5.74, 6) is 0.682. The van der Waals surface area contributed by atoms with Crippen molar-refractivity contribution in [2.45, 2.75) is 13.3 Å². The summed E-state index contributed by atoms with van der Waals surface area (Å²) in [4.78, 5) is 13.4. The van der Waals surface area contributed by atoms with E-state index in [1.165, 1.54) is 6.33 Å². The van der Waals surface area contributed by atoms with E-state index in [0.29, 0.717) is 5.95 Å². The van der Waals surface area contributed by atoms with Crippen LogP contribution in [0.2, 0.25) is 0 Å². The molecule has 4 heteroatoms. The van der Waals surface area contributed by atoms with Crippen LogP contribution in [0.4, 0.5) is 5.95 Å². The highest BCUT2D eigenvalue weighted by molar-refractivity contribution is 5.24. The number of nitrogens with zero attached hydrogens (tertiary/aromatic N) is 4. The van der Waals surface area contributed by atoms with Gasteiger partial charge in [-0.3, -0.25) is 0 Å². The van der Waals surface area contributed by atoms with Gasteiger partial charge in [-0.1, -0.05) is 6.92 Å². The molecule has 0 saturated heterocycles. The van der Waals surface area contributed by atoms with Crippen molar-refractivity contribution in [1.29, 1.82) is 0 Å². The van der Waals surface area contributed by atoms with Gasteiger partial charge in [0.25, 0.3) is 0 Å². The fourth-order valence-electron chi connectivity index (χ4n) is 0.828. The standard InChI is InChI=1S/C7H11N4/c1-3-4-11(2)7-9-5-8-6-10-7/h5H,3-4H2,1-2H3. The smallest absolute Gasteiger partial charge is 0.228 e. The van der Waals surface area contributed by atoms with E-state index in [9.17, 15) is 0 Å². The monoisotopic (exact) mass is 151 g/mol. The summed E-state index contributed by atoms with van der Waals surface area (Å²) >= 11 is 0. The second kappa shape index (κ2) is 3.85. The van der Waals surface area contributed by atoms with Crippen LogP contribution in [0.5, 0.6) is 0 Å². The molecular weight excluding hydrogens is 140 g/mol. The van der Waals surface area contributed by atoms with Crippen molar-refractivity contribution in [2.75, 3.05) is 18.5 Å². The molecule has 0 amide bonds. The van der Waals surface area contributed by atoms with Gasteiger partial charge in [0, 0.05) is 13.6 Å². The molecule has 11 heavy (non-hydrogen) atoms. The molecule has 0 saturated carbocycles. The Morgan fingerprint density at radius 3 is 3.00 bits per heavy atom. The summed E-state index contributed by atoms with van der Waals surface area (Å²) in [6, 6.07) is 0. The average Bonchev–Trinajstić information content (AvgIpc) is 2.07. The largest absolute Gasteiger partial charge is 0.344 e. The number of aromatic nitrogens is 3. The van der Waals surface area contributed by atoms with Gasteiger partial charge in [0.2, 0.25) is 12.3 Å². The van der Waals surface area contributed by atoms with Crippen molar-refractivity contribution in [3.8, 4) is 0 Å². The van der Waals surface area contributed by atoms with Crippen LogP contribution < -0.4 is 4.90 Å². The summed E-state index contributed by atoms with van der Waals surface area (Å²) in [5, 5.41) is 0. The van der Waals surface area contributed by atoms with Gasteiger partial charge in [-0.2, -0.15) is 4.98 Å². The number of hydrogen-bond donors (Lipinski definition) is 0. The summed E-state index contributed by atoms with van der Waals surface area (Å²) < 4.78 is 0. The first-order chi connectivity index (χ1) is 5.34. The zero-order valence-electron chi connectivity index (χ0n) is 6.78. The molecule has 0 aliphatic heterocycles. The van der Waals surface area contributed by atoms with E-state index in [4.69, 9.17) is 0 Å². The molecule has 0 aromatic carbocycles. The zero-order valence-corrected chi connectivity index (χ0v) is 6.78. The minimum atomic E-state index is 0.682. The normalized spacial score (nSPS) is 9.64. The second-order valence-corrected chi connectivity index (χ2v) is 2.31. The predicted molar refractivity (Wildman–Crippen MR) is 42.2 cm³/mol. The van der Waals surface area contributed by atoms with Gasteiger partial charge in [0.1, 0.15) is 6.33 Å². The van der Waals surface area contributed by atoms with Gasteiger partial charge in [0.05, 0.1) is 0 Å². The van der Waals surface area contributed by atoms with Crippen molar-refractivity contribution in [2.24, 2.45) is 0 Å². The first kappa shape index (κ1) is 7.91. The van der Waals surface area contributed by atoms with E-state index in [1.807, 2.05) is 11.9 Å². The molecule has 1 rings (SSSR count). The molecule has 0 aliphatic rings. The summed E-state index contributed by atoms with van der Waals surface area (Å²) in [6.07, 6.45) is 5.03. The molecule has 1 aromatic rings. The highest BCUT2D eigenvalue weighted by Crippen LogP contribution is 1.99. The van der Waals surface area contributed by atoms with Crippen molar-refractivity contribution in [1.82, 2.24) is 15.0 Å². The Labute approximate surface area is 66.3 Å². The highest BCUT2D eigenvalue weighted by Gasteiger charge is 1.99. The molecule has 1 aromatic heterocycles. The highest BCUT2D eigenvalue weighted by atomic mass is 15.2. The van der Waals surface area contributed by atoms with Crippen LogP contribution in [0, 0.1) is 6.33 Å². The molecule has 0 atom stereocenters. The van der Waals surface area contributed by atoms with Crippen LogP contribution in [0.3, 0.4) is 0 Å². The quantitative estimate of drug-likeness (QED) is 0.631. The lowest BCUT2D eigenvalue weighted by Crippen LogP contribution is -2.20. The first-order valence-corrected chi connectivity index (χ1v) is 3.60. The topological polar surface area (TPSA) is 41.9 Å².